The van der Waals surface area contributed by atoms with Gasteiger partial charge in [0.2, 0.25) is 0 Å². The SMILES string of the molecule is CCOC(=O)C1=CN(C2CCCCC2)C=C(C(=O)OCC)C1c1ccc([N+](=O)[O-])cc1. The molecule has 0 unspecified atom stereocenters. The third kappa shape index (κ3) is 5.13. The largest absolute Gasteiger partial charge is 0.463 e. The van der Waals surface area contributed by atoms with Crippen molar-refractivity contribution < 1.29 is 24.0 Å². The summed E-state index contributed by atoms with van der Waals surface area (Å²) in [6.45, 7) is 3.85. The van der Waals surface area contributed by atoms with Gasteiger partial charge in [-0.2, -0.15) is 0 Å². The Morgan fingerprint density at radius 2 is 1.48 bits per heavy atom. The average Bonchev–Trinajstić information content (AvgIpc) is 2.79. The quantitative estimate of drug-likeness (QED) is 0.364. The Morgan fingerprint density at radius 1 is 0.968 bits per heavy atom. The zero-order valence-electron chi connectivity index (χ0n) is 17.9. The van der Waals surface area contributed by atoms with Gasteiger partial charge in [-0.3, -0.25) is 10.1 Å². The minimum Gasteiger partial charge on any atom is -0.463 e. The van der Waals surface area contributed by atoms with E-state index in [0.717, 1.165) is 25.7 Å². The number of nitrogens with zero attached hydrogens (tertiary/aromatic N) is 2. The molecule has 0 aromatic heterocycles. The van der Waals surface area contributed by atoms with Crippen molar-refractivity contribution in [3.63, 3.8) is 0 Å². The van der Waals surface area contributed by atoms with Crippen molar-refractivity contribution >= 4 is 17.6 Å². The van der Waals surface area contributed by atoms with E-state index in [1.807, 2.05) is 4.90 Å². The Morgan fingerprint density at radius 3 is 1.94 bits per heavy atom. The highest BCUT2D eigenvalue weighted by Crippen LogP contribution is 2.39. The zero-order chi connectivity index (χ0) is 22.4. The number of esters is 2. The molecule has 1 aromatic carbocycles. The number of hydrogen-bond donors (Lipinski definition) is 0. The Bertz CT molecular complexity index is 848. The van der Waals surface area contributed by atoms with E-state index < -0.39 is 22.8 Å². The Hall–Kier alpha value is -3.16. The molecule has 31 heavy (non-hydrogen) atoms. The van der Waals surface area contributed by atoms with Crippen LogP contribution in [-0.2, 0) is 19.1 Å². The molecule has 0 amide bonds. The van der Waals surface area contributed by atoms with Crippen LogP contribution in [0.5, 0.6) is 0 Å². The van der Waals surface area contributed by atoms with Crippen LogP contribution >= 0.6 is 0 Å². The van der Waals surface area contributed by atoms with Gasteiger partial charge in [-0.15, -0.1) is 0 Å². The van der Waals surface area contributed by atoms with Crippen LogP contribution in [0.2, 0.25) is 0 Å². The molecule has 8 nitrogen and oxygen atoms in total. The second-order valence-electron chi connectivity index (χ2n) is 7.63. The first-order valence-corrected chi connectivity index (χ1v) is 10.8. The molecule has 1 aliphatic carbocycles. The normalized spacial score (nSPS) is 17.5. The topological polar surface area (TPSA) is 99.0 Å². The van der Waals surface area contributed by atoms with Gasteiger partial charge in [0, 0.05) is 30.6 Å². The van der Waals surface area contributed by atoms with Gasteiger partial charge in [-0.25, -0.2) is 9.59 Å². The van der Waals surface area contributed by atoms with Crippen LogP contribution in [0, 0.1) is 10.1 Å². The van der Waals surface area contributed by atoms with Gasteiger partial charge in [-0.1, -0.05) is 31.4 Å². The van der Waals surface area contributed by atoms with E-state index in [1.54, 1.807) is 38.4 Å². The smallest absolute Gasteiger partial charge is 0.336 e. The molecule has 1 aliphatic heterocycles. The van der Waals surface area contributed by atoms with Crippen LogP contribution in [-0.4, -0.2) is 41.0 Å². The van der Waals surface area contributed by atoms with Gasteiger partial charge in [0.25, 0.3) is 5.69 Å². The van der Waals surface area contributed by atoms with Gasteiger partial charge >= 0.3 is 11.9 Å². The number of carbonyl (C=O) groups excluding carboxylic acids is 2. The number of hydrogen-bond acceptors (Lipinski definition) is 7. The van der Waals surface area contributed by atoms with Crippen molar-refractivity contribution in [2.75, 3.05) is 13.2 Å². The molecule has 2 aliphatic rings. The van der Waals surface area contributed by atoms with E-state index in [0.29, 0.717) is 16.7 Å². The molecule has 0 saturated heterocycles. The first kappa shape index (κ1) is 22.5. The van der Waals surface area contributed by atoms with Gasteiger partial charge in [0.1, 0.15) is 0 Å². The maximum atomic E-state index is 12.9. The van der Waals surface area contributed by atoms with E-state index in [-0.39, 0.29) is 24.9 Å². The predicted octanol–water partition coefficient (Wildman–Crippen LogP) is 4.22. The summed E-state index contributed by atoms with van der Waals surface area (Å²) in [4.78, 5) is 38.3. The molecular formula is C23H28N2O6. The van der Waals surface area contributed by atoms with Crippen molar-refractivity contribution in [2.24, 2.45) is 0 Å². The van der Waals surface area contributed by atoms with E-state index in [1.165, 1.54) is 18.6 Å². The lowest BCUT2D eigenvalue weighted by Crippen LogP contribution is -2.35. The standard InChI is InChI=1S/C23H28N2O6/c1-3-30-22(26)19-14-24(17-8-6-5-7-9-17)15-20(23(27)31-4-2)21(19)16-10-12-18(13-11-16)25(28)29/h10-15,17,21H,3-9H2,1-2H3. The maximum absolute atomic E-state index is 12.9. The number of ether oxygens (including phenoxy) is 2. The third-order valence-electron chi connectivity index (χ3n) is 5.65. The number of benzene rings is 1. The summed E-state index contributed by atoms with van der Waals surface area (Å²) in [5.41, 5.74) is 1.18. The second-order valence-corrected chi connectivity index (χ2v) is 7.63. The highest BCUT2D eigenvalue weighted by molar-refractivity contribution is 5.98. The van der Waals surface area contributed by atoms with Crippen molar-refractivity contribution in [3.8, 4) is 0 Å². The Kier molecular flexibility index (Phi) is 7.44. The number of nitro groups is 1. The molecule has 1 fully saturated rings. The van der Waals surface area contributed by atoms with Gasteiger partial charge < -0.3 is 14.4 Å². The molecule has 1 saturated carbocycles. The van der Waals surface area contributed by atoms with Gasteiger partial charge in [0.15, 0.2) is 0 Å². The van der Waals surface area contributed by atoms with Crippen LogP contribution in [0.15, 0.2) is 47.8 Å². The predicted molar refractivity (Wildman–Crippen MR) is 114 cm³/mol. The average molecular weight is 428 g/mol. The molecule has 3 rings (SSSR count). The summed E-state index contributed by atoms with van der Waals surface area (Å²) in [6.07, 6.45) is 8.85. The first-order chi connectivity index (χ1) is 15.0. The summed E-state index contributed by atoms with van der Waals surface area (Å²) in [7, 11) is 0. The number of carbonyl (C=O) groups is 2. The van der Waals surface area contributed by atoms with E-state index in [9.17, 15) is 19.7 Å². The Labute approximate surface area is 181 Å². The van der Waals surface area contributed by atoms with Gasteiger partial charge in [0.05, 0.1) is 35.2 Å². The minimum atomic E-state index is -0.723. The molecule has 0 radical (unpaired) electrons. The molecule has 166 valence electrons. The molecule has 0 spiro atoms. The summed E-state index contributed by atoms with van der Waals surface area (Å²) in [5, 5.41) is 11.0. The molecule has 1 heterocycles. The molecule has 0 bridgehead atoms. The molecule has 0 N–H and O–H groups in total. The molecule has 1 aromatic rings. The van der Waals surface area contributed by atoms with Gasteiger partial charge in [-0.05, 0) is 32.3 Å². The number of non-ortho nitro benzene ring substituents is 1. The number of nitro benzene ring substituents is 1. The fourth-order valence-corrected chi connectivity index (χ4v) is 4.18. The fourth-order valence-electron chi connectivity index (χ4n) is 4.18. The van der Waals surface area contributed by atoms with Crippen LogP contribution in [0.1, 0.15) is 57.4 Å². The summed E-state index contributed by atoms with van der Waals surface area (Å²) < 4.78 is 10.6. The van der Waals surface area contributed by atoms with Crippen LogP contribution in [0.3, 0.4) is 0 Å². The number of rotatable bonds is 7. The highest BCUT2D eigenvalue weighted by atomic mass is 16.6. The third-order valence-corrected chi connectivity index (χ3v) is 5.65. The van der Waals surface area contributed by atoms with E-state index >= 15 is 0 Å². The zero-order valence-corrected chi connectivity index (χ0v) is 17.9. The van der Waals surface area contributed by atoms with E-state index in [2.05, 4.69) is 0 Å². The van der Waals surface area contributed by atoms with Crippen LogP contribution < -0.4 is 0 Å². The van der Waals surface area contributed by atoms with Crippen molar-refractivity contribution in [3.05, 3.63) is 63.5 Å². The molecular weight excluding hydrogens is 400 g/mol. The lowest BCUT2D eigenvalue weighted by atomic mass is 9.82. The summed E-state index contributed by atoms with van der Waals surface area (Å²) in [5.74, 6) is -1.75. The van der Waals surface area contributed by atoms with Crippen molar-refractivity contribution in [1.82, 2.24) is 4.90 Å². The van der Waals surface area contributed by atoms with Crippen LogP contribution in [0.4, 0.5) is 5.69 Å². The lowest BCUT2D eigenvalue weighted by molar-refractivity contribution is -0.384. The Balaban J connectivity index is 2.07. The van der Waals surface area contributed by atoms with Crippen molar-refractivity contribution in [1.29, 1.82) is 0 Å². The molecule has 8 heteroatoms. The summed E-state index contributed by atoms with van der Waals surface area (Å²) in [6, 6.07) is 6.07. The summed E-state index contributed by atoms with van der Waals surface area (Å²) >= 11 is 0. The molecule has 0 atom stereocenters. The minimum absolute atomic E-state index is 0.0632. The van der Waals surface area contributed by atoms with Crippen LogP contribution in [0.25, 0.3) is 0 Å². The monoisotopic (exact) mass is 428 g/mol. The second kappa shape index (κ2) is 10.2. The van der Waals surface area contributed by atoms with E-state index in [4.69, 9.17) is 9.47 Å². The first-order valence-electron chi connectivity index (χ1n) is 10.8. The highest BCUT2D eigenvalue weighted by Gasteiger charge is 2.37. The lowest BCUT2D eigenvalue weighted by Gasteiger charge is -2.36. The fraction of sp³-hybridized carbons (Fsp3) is 0.478. The maximum Gasteiger partial charge on any atom is 0.336 e. The van der Waals surface area contributed by atoms with Crippen molar-refractivity contribution in [2.45, 2.75) is 57.9 Å².